The van der Waals surface area contributed by atoms with Gasteiger partial charge in [-0.2, -0.15) is 0 Å². The molecule has 0 heterocycles. The molecular formula is C13H17ClN2O3. The van der Waals surface area contributed by atoms with Crippen molar-refractivity contribution < 1.29 is 14.3 Å². The lowest BCUT2D eigenvalue weighted by molar-refractivity contribution is -0.124. The van der Waals surface area contributed by atoms with E-state index in [1.54, 1.807) is 25.1 Å². The van der Waals surface area contributed by atoms with Gasteiger partial charge in [-0.05, 0) is 37.6 Å². The Kier molecular flexibility index (Phi) is 5.63. The van der Waals surface area contributed by atoms with Gasteiger partial charge in [0.15, 0.2) is 6.61 Å². The quantitative estimate of drug-likeness (QED) is 0.829. The number of primary amides is 1. The fraction of sp³-hybridized carbons (Fsp3) is 0.385. The molecule has 0 aliphatic heterocycles. The van der Waals surface area contributed by atoms with E-state index in [-0.39, 0.29) is 25.0 Å². The second-order valence-corrected chi connectivity index (χ2v) is 4.77. The molecule has 1 rings (SSSR count). The van der Waals surface area contributed by atoms with Gasteiger partial charge in [-0.3, -0.25) is 9.59 Å². The van der Waals surface area contributed by atoms with Crippen molar-refractivity contribution in [2.45, 2.75) is 26.3 Å². The molecule has 0 bridgehead atoms. The van der Waals surface area contributed by atoms with Crippen LogP contribution in [0.15, 0.2) is 18.2 Å². The van der Waals surface area contributed by atoms with E-state index < -0.39 is 5.91 Å². The molecule has 5 nitrogen and oxygen atoms in total. The molecule has 19 heavy (non-hydrogen) atoms. The summed E-state index contributed by atoms with van der Waals surface area (Å²) in [7, 11) is 0. The fourth-order valence-electron chi connectivity index (χ4n) is 1.59. The second kappa shape index (κ2) is 6.99. The first-order valence-electron chi connectivity index (χ1n) is 5.85. The van der Waals surface area contributed by atoms with E-state index in [0.29, 0.717) is 10.8 Å². The van der Waals surface area contributed by atoms with E-state index in [1.807, 2.05) is 6.92 Å². The number of ether oxygens (including phenoxy) is 1. The van der Waals surface area contributed by atoms with E-state index in [2.05, 4.69) is 5.32 Å². The normalized spacial score (nSPS) is 11.7. The van der Waals surface area contributed by atoms with Crippen LogP contribution in [0.25, 0.3) is 0 Å². The number of hydrogen-bond acceptors (Lipinski definition) is 3. The zero-order valence-electron chi connectivity index (χ0n) is 10.9. The van der Waals surface area contributed by atoms with Gasteiger partial charge in [0.1, 0.15) is 5.75 Å². The third-order valence-corrected chi connectivity index (χ3v) is 2.65. The van der Waals surface area contributed by atoms with Crippen molar-refractivity contribution in [2.24, 2.45) is 5.73 Å². The van der Waals surface area contributed by atoms with Gasteiger partial charge in [0, 0.05) is 17.5 Å². The highest BCUT2D eigenvalue weighted by Gasteiger charge is 2.11. The predicted octanol–water partition coefficient (Wildman–Crippen LogP) is 1.41. The number of nitrogens with one attached hydrogen (secondary N) is 1. The predicted molar refractivity (Wildman–Crippen MR) is 73.1 cm³/mol. The van der Waals surface area contributed by atoms with Crippen molar-refractivity contribution in [3.8, 4) is 5.75 Å². The number of rotatable bonds is 6. The van der Waals surface area contributed by atoms with Gasteiger partial charge in [0.2, 0.25) is 5.91 Å². The molecular weight excluding hydrogens is 268 g/mol. The third kappa shape index (κ3) is 5.61. The lowest BCUT2D eigenvalue weighted by atomic mass is 10.2. The molecule has 104 valence electrons. The van der Waals surface area contributed by atoms with Crippen LogP contribution in [0.4, 0.5) is 0 Å². The Balaban J connectivity index is 2.43. The number of benzene rings is 1. The summed E-state index contributed by atoms with van der Waals surface area (Å²) in [5.41, 5.74) is 5.89. The van der Waals surface area contributed by atoms with Crippen molar-refractivity contribution in [3.63, 3.8) is 0 Å². The van der Waals surface area contributed by atoms with Crippen LogP contribution < -0.4 is 15.8 Å². The number of aryl methyl sites for hydroxylation is 1. The topological polar surface area (TPSA) is 81.4 Å². The molecule has 1 aromatic rings. The van der Waals surface area contributed by atoms with Crippen LogP contribution in [0.5, 0.6) is 5.75 Å². The lowest BCUT2D eigenvalue weighted by Crippen LogP contribution is -2.38. The summed E-state index contributed by atoms with van der Waals surface area (Å²) < 4.78 is 5.37. The Hall–Kier alpha value is -1.75. The first-order valence-corrected chi connectivity index (χ1v) is 6.23. The zero-order valence-corrected chi connectivity index (χ0v) is 11.7. The molecule has 2 amide bonds. The maximum absolute atomic E-state index is 11.6. The van der Waals surface area contributed by atoms with Crippen LogP contribution in [0.3, 0.4) is 0 Å². The molecule has 1 atom stereocenters. The maximum Gasteiger partial charge on any atom is 0.258 e. The van der Waals surface area contributed by atoms with E-state index >= 15 is 0 Å². The van der Waals surface area contributed by atoms with Crippen LogP contribution in [0, 0.1) is 6.92 Å². The smallest absolute Gasteiger partial charge is 0.258 e. The Morgan fingerprint density at radius 3 is 2.74 bits per heavy atom. The van der Waals surface area contributed by atoms with E-state index in [0.717, 1.165) is 5.56 Å². The zero-order chi connectivity index (χ0) is 14.4. The average Bonchev–Trinajstić information content (AvgIpc) is 2.26. The van der Waals surface area contributed by atoms with Gasteiger partial charge in [-0.15, -0.1) is 0 Å². The van der Waals surface area contributed by atoms with Crippen molar-refractivity contribution >= 4 is 23.4 Å². The van der Waals surface area contributed by atoms with Crippen LogP contribution >= 0.6 is 11.6 Å². The Morgan fingerprint density at radius 1 is 1.47 bits per heavy atom. The number of carbonyl (C=O) groups is 2. The number of carbonyl (C=O) groups excluding carboxylic acids is 2. The summed E-state index contributed by atoms with van der Waals surface area (Å²) in [5, 5.41) is 3.24. The second-order valence-electron chi connectivity index (χ2n) is 4.34. The highest BCUT2D eigenvalue weighted by Crippen LogP contribution is 2.21. The molecule has 0 aromatic heterocycles. The first-order chi connectivity index (χ1) is 8.88. The largest absolute Gasteiger partial charge is 0.484 e. The standard InChI is InChI=1S/C13H17ClN2O3/c1-8-5-10(14)3-4-11(8)19-7-13(18)16-9(2)6-12(15)17/h3-5,9H,6-7H2,1-2H3,(H2,15,17)(H,16,18)/t9-/m0/s1. The van der Waals surface area contributed by atoms with Gasteiger partial charge < -0.3 is 15.8 Å². The van der Waals surface area contributed by atoms with Crippen molar-refractivity contribution in [1.29, 1.82) is 0 Å². The third-order valence-electron chi connectivity index (χ3n) is 2.41. The molecule has 0 radical (unpaired) electrons. The van der Waals surface area contributed by atoms with Gasteiger partial charge in [-0.25, -0.2) is 0 Å². The summed E-state index contributed by atoms with van der Waals surface area (Å²) in [4.78, 5) is 22.2. The lowest BCUT2D eigenvalue weighted by Gasteiger charge is -2.13. The van der Waals surface area contributed by atoms with Gasteiger partial charge in [0.05, 0.1) is 0 Å². The summed E-state index contributed by atoms with van der Waals surface area (Å²) in [6, 6.07) is 4.85. The molecule has 0 saturated heterocycles. The molecule has 0 aliphatic carbocycles. The highest BCUT2D eigenvalue weighted by molar-refractivity contribution is 6.30. The first kappa shape index (κ1) is 15.3. The van der Waals surface area contributed by atoms with E-state index in [1.165, 1.54) is 0 Å². The number of hydrogen-bond donors (Lipinski definition) is 2. The molecule has 1 aromatic carbocycles. The van der Waals surface area contributed by atoms with E-state index in [4.69, 9.17) is 22.1 Å². The number of nitrogens with two attached hydrogens (primary N) is 1. The molecule has 3 N–H and O–H groups in total. The van der Waals surface area contributed by atoms with Gasteiger partial charge >= 0.3 is 0 Å². The molecule has 6 heteroatoms. The van der Waals surface area contributed by atoms with Crippen LogP contribution in [-0.4, -0.2) is 24.5 Å². The Labute approximate surface area is 117 Å². The summed E-state index contributed by atoms with van der Waals surface area (Å²) in [6.07, 6.45) is 0.103. The molecule has 0 aliphatic rings. The summed E-state index contributed by atoms with van der Waals surface area (Å²) in [5.74, 6) is -0.160. The monoisotopic (exact) mass is 284 g/mol. The maximum atomic E-state index is 11.6. The Morgan fingerprint density at radius 2 is 2.16 bits per heavy atom. The van der Waals surface area contributed by atoms with Crippen LogP contribution in [0.2, 0.25) is 5.02 Å². The molecule has 0 unspecified atom stereocenters. The van der Waals surface area contributed by atoms with Crippen molar-refractivity contribution in [3.05, 3.63) is 28.8 Å². The van der Waals surface area contributed by atoms with Crippen LogP contribution in [0.1, 0.15) is 18.9 Å². The van der Waals surface area contributed by atoms with E-state index in [9.17, 15) is 9.59 Å². The van der Waals surface area contributed by atoms with Crippen LogP contribution in [-0.2, 0) is 9.59 Å². The van der Waals surface area contributed by atoms with Gasteiger partial charge in [0.25, 0.3) is 5.91 Å². The van der Waals surface area contributed by atoms with Gasteiger partial charge in [-0.1, -0.05) is 11.6 Å². The summed E-state index contributed by atoms with van der Waals surface area (Å²) in [6.45, 7) is 3.43. The Bertz CT molecular complexity index is 477. The average molecular weight is 285 g/mol. The van der Waals surface area contributed by atoms with Crippen molar-refractivity contribution in [1.82, 2.24) is 5.32 Å². The highest BCUT2D eigenvalue weighted by atomic mass is 35.5. The minimum Gasteiger partial charge on any atom is -0.484 e. The molecule has 0 fully saturated rings. The number of halogens is 1. The number of amides is 2. The van der Waals surface area contributed by atoms with Crippen molar-refractivity contribution in [2.75, 3.05) is 6.61 Å². The molecule has 0 spiro atoms. The summed E-state index contributed by atoms with van der Waals surface area (Å²) >= 11 is 5.82. The molecule has 0 saturated carbocycles. The minimum absolute atomic E-state index is 0.103. The minimum atomic E-state index is -0.456. The SMILES string of the molecule is Cc1cc(Cl)ccc1OCC(=O)N[C@@H](C)CC(N)=O. The fourth-order valence-corrected chi connectivity index (χ4v) is 1.81.